The maximum atomic E-state index is 7.81. The molecule has 0 N–H and O–H groups in total. The van der Waals surface area contributed by atoms with E-state index in [0.717, 1.165) is 92.9 Å². The van der Waals surface area contributed by atoms with E-state index in [0.29, 0.717) is 6.61 Å². The van der Waals surface area contributed by atoms with Crippen LogP contribution in [-0.2, 0) is 34.1 Å². The summed E-state index contributed by atoms with van der Waals surface area (Å²) in [5, 5.41) is 0. The summed E-state index contributed by atoms with van der Waals surface area (Å²) in [6, 6.07) is 20.8. The van der Waals surface area contributed by atoms with Gasteiger partial charge in [-0.2, -0.15) is 0 Å². The largest absolute Gasteiger partial charge is 0.414 e. The Morgan fingerprint density at radius 1 is 0.617 bits per heavy atom. The molecule has 0 saturated carbocycles. The van der Waals surface area contributed by atoms with Crippen LogP contribution in [0.2, 0.25) is 54.4 Å². The Hall–Kier alpha value is -0.889. The summed E-state index contributed by atoms with van der Waals surface area (Å²) in [5.74, 6) is -0.153. The summed E-state index contributed by atoms with van der Waals surface area (Å²) in [4.78, 5) is 0. The molecule has 0 amide bonds. The van der Waals surface area contributed by atoms with E-state index in [1.54, 1.807) is 0 Å². The van der Waals surface area contributed by atoms with E-state index in [2.05, 4.69) is 152 Å². The zero-order valence-corrected chi connectivity index (χ0v) is 45.0. The lowest BCUT2D eigenvalue weighted by Gasteiger charge is -2.46. The number of allylic oxidation sites excluding steroid dienone is 2. The van der Waals surface area contributed by atoms with E-state index < -0.39 is 30.7 Å². The molecule has 7 atom stereocenters. The van der Waals surface area contributed by atoms with Crippen LogP contribution in [0.5, 0.6) is 0 Å². The molecule has 60 heavy (non-hydrogen) atoms. The van der Waals surface area contributed by atoms with Crippen LogP contribution in [0.4, 0.5) is 0 Å². The van der Waals surface area contributed by atoms with Crippen LogP contribution in [0.25, 0.3) is 0 Å². The molecule has 0 spiro atoms. The van der Waals surface area contributed by atoms with Crippen molar-refractivity contribution in [2.75, 3.05) is 0 Å². The highest BCUT2D eigenvalue weighted by molar-refractivity contribution is 6.74. The molecule has 9 heteroatoms. The Morgan fingerprint density at radius 3 is 1.48 bits per heavy atom. The minimum absolute atomic E-state index is 0.0438. The third-order valence-electron chi connectivity index (χ3n) is 14.6. The van der Waals surface area contributed by atoms with Gasteiger partial charge < -0.3 is 27.5 Å². The number of hydrogen-bond acceptors (Lipinski definition) is 6. The van der Waals surface area contributed by atoms with E-state index in [9.17, 15) is 0 Å². The Bertz CT molecular complexity index is 1310. The summed E-state index contributed by atoms with van der Waals surface area (Å²) in [7, 11) is -5.91. The van der Waals surface area contributed by atoms with Crippen LogP contribution in [0.15, 0.2) is 54.6 Å². The molecular formula is C51H96O6Si3. The summed E-state index contributed by atoms with van der Waals surface area (Å²) < 4.78 is 42.1. The normalized spacial score (nSPS) is 20.4. The van der Waals surface area contributed by atoms with E-state index in [1.807, 2.05) is 13.8 Å². The highest BCUT2D eigenvalue weighted by atomic mass is 28.4. The number of rotatable bonds is 32. The SMILES string of the molecule is CCC[C@@H](/C=C/CC[C@@H](O[Si](CC)(CC)CC)[C@@H](C)C(O[Si](CC)(CC)CC)[C@H](C)[C@H](CC/C=C/C1OC(C)(C)OC1(C)C)O[Si](CC)(CC)CC)OCc1ccccc1. The molecule has 2 rings (SSSR count). The quantitative estimate of drug-likeness (QED) is 0.0531. The van der Waals surface area contributed by atoms with Crippen molar-refractivity contribution in [2.24, 2.45) is 11.8 Å². The van der Waals surface area contributed by atoms with Crippen LogP contribution < -0.4 is 0 Å². The molecular weight excluding hydrogens is 793 g/mol. The lowest BCUT2D eigenvalue weighted by Crippen LogP contribution is -2.53. The van der Waals surface area contributed by atoms with Gasteiger partial charge in [0.2, 0.25) is 0 Å². The second-order valence-corrected chi connectivity index (χ2v) is 33.3. The van der Waals surface area contributed by atoms with Crippen molar-refractivity contribution in [1.82, 2.24) is 0 Å². The standard InChI is InChI=1S/C51H96O6Si3/c1-17-34-45(52-41-44-35-28-27-29-36-44)37-30-31-38-46(54-58(18-2,19-3)20-4)42(11)49(56-60(24-8,25-9)26-10)43(12)47(55-59(21-5,22-6)23-7)39-32-33-40-48-50(13,14)57-51(15,16)53-48/h27-30,33,35-37,40,42-43,45-49H,17-26,31-32,34,38-39,41H2,1-16H3/b37-30+,40-33+/t42-,43-,45+,46-,47+,48?,49?/m1/s1. The number of ether oxygens (including phenoxy) is 3. The monoisotopic (exact) mass is 889 g/mol. The highest BCUT2D eigenvalue weighted by Crippen LogP contribution is 2.40. The van der Waals surface area contributed by atoms with Gasteiger partial charge in [-0.25, -0.2) is 0 Å². The first-order valence-corrected chi connectivity index (χ1v) is 32.4. The fourth-order valence-corrected chi connectivity index (χ4v) is 18.6. The lowest BCUT2D eigenvalue weighted by molar-refractivity contribution is -0.155. The summed E-state index contributed by atoms with van der Waals surface area (Å²) in [6.45, 7) is 37.4. The van der Waals surface area contributed by atoms with Gasteiger partial charge in [0.15, 0.2) is 30.7 Å². The van der Waals surface area contributed by atoms with Crippen LogP contribution in [0, 0.1) is 11.8 Å². The van der Waals surface area contributed by atoms with E-state index in [-0.39, 0.29) is 48.0 Å². The second kappa shape index (κ2) is 26.8. The van der Waals surface area contributed by atoms with Gasteiger partial charge in [-0.15, -0.1) is 0 Å². The smallest absolute Gasteiger partial charge is 0.192 e. The summed E-state index contributed by atoms with van der Waals surface area (Å²) >= 11 is 0. The van der Waals surface area contributed by atoms with Crippen molar-refractivity contribution in [1.29, 1.82) is 0 Å². The van der Waals surface area contributed by atoms with Crippen LogP contribution in [0.3, 0.4) is 0 Å². The maximum absolute atomic E-state index is 7.81. The molecule has 0 radical (unpaired) electrons. The van der Waals surface area contributed by atoms with Gasteiger partial charge >= 0.3 is 0 Å². The Morgan fingerprint density at radius 2 is 1.07 bits per heavy atom. The molecule has 1 saturated heterocycles. The predicted octanol–water partition coefficient (Wildman–Crippen LogP) is 15.4. The minimum atomic E-state index is -2.01. The first-order chi connectivity index (χ1) is 28.5. The average molecular weight is 890 g/mol. The van der Waals surface area contributed by atoms with Crippen LogP contribution >= 0.6 is 0 Å². The topological polar surface area (TPSA) is 55.4 Å². The van der Waals surface area contributed by atoms with Gasteiger partial charge in [0.1, 0.15) is 6.10 Å². The molecule has 2 unspecified atom stereocenters. The molecule has 0 bridgehead atoms. The number of hydrogen-bond donors (Lipinski definition) is 0. The average Bonchev–Trinajstić information content (AvgIpc) is 3.48. The van der Waals surface area contributed by atoms with Crippen molar-refractivity contribution in [3.05, 3.63) is 60.2 Å². The Kier molecular flexibility index (Phi) is 24.7. The summed E-state index contributed by atoms with van der Waals surface area (Å²) in [6.07, 6.45) is 15.5. The predicted molar refractivity (Wildman–Crippen MR) is 265 cm³/mol. The van der Waals surface area contributed by atoms with E-state index >= 15 is 0 Å². The third-order valence-corrected chi connectivity index (χ3v) is 28.6. The lowest BCUT2D eigenvalue weighted by atomic mass is 9.83. The van der Waals surface area contributed by atoms with Crippen molar-refractivity contribution >= 4 is 25.0 Å². The molecule has 0 aromatic heterocycles. The zero-order valence-electron chi connectivity index (χ0n) is 42.0. The van der Waals surface area contributed by atoms with Gasteiger partial charge in [-0.05, 0) is 120 Å². The minimum Gasteiger partial charge on any atom is -0.414 e. The highest BCUT2D eigenvalue weighted by Gasteiger charge is 2.47. The van der Waals surface area contributed by atoms with Crippen molar-refractivity contribution in [3.63, 3.8) is 0 Å². The van der Waals surface area contributed by atoms with Gasteiger partial charge in [-0.1, -0.05) is 144 Å². The molecule has 1 aliphatic rings. The fraction of sp³-hybridized carbons (Fsp3) is 0.804. The van der Waals surface area contributed by atoms with Gasteiger partial charge in [0, 0.05) is 11.8 Å². The first-order valence-electron chi connectivity index (χ1n) is 24.9. The molecule has 1 fully saturated rings. The molecule has 6 nitrogen and oxygen atoms in total. The molecule has 1 aliphatic heterocycles. The van der Waals surface area contributed by atoms with Crippen molar-refractivity contribution < 1.29 is 27.5 Å². The molecule has 0 aliphatic carbocycles. The van der Waals surface area contributed by atoms with Crippen LogP contribution in [0.1, 0.15) is 155 Å². The molecule has 1 aromatic rings. The molecule has 1 aromatic carbocycles. The van der Waals surface area contributed by atoms with Gasteiger partial charge in [0.05, 0.1) is 36.6 Å². The molecule has 348 valence electrons. The second-order valence-electron chi connectivity index (χ2n) is 19.1. The maximum Gasteiger partial charge on any atom is 0.192 e. The van der Waals surface area contributed by atoms with E-state index in [4.69, 9.17) is 27.5 Å². The van der Waals surface area contributed by atoms with Crippen molar-refractivity contribution in [3.8, 4) is 0 Å². The Balaban J connectivity index is 2.57. The van der Waals surface area contributed by atoms with Gasteiger partial charge in [0.25, 0.3) is 0 Å². The van der Waals surface area contributed by atoms with E-state index in [1.165, 1.54) is 5.56 Å². The van der Waals surface area contributed by atoms with Crippen LogP contribution in [-0.4, -0.2) is 66.9 Å². The van der Waals surface area contributed by atoms with Gasteiger partial charge in [-0.3, -0.25) is 0 Å². The van der Waals surface area contributed by atoms with Crippen molar-refractivity contribution in [2.45, 2.75) is 252 Å². The molecule has 1 heterocycles. The first kappa shape index (κ1) is 55.2. The third kappa shape index (κ3) is 16.6. The fourth-order valence-electron chi connectivity index (χ4n) is 9.63. The zero-order chi connectivity index (χ0) is 45.0. The Labute approximate surface area is 375 Å². The number of benzene rings is 1. The summed E-state index contributed by atoms with van der Waals surface area (Å²) in [5.41, 5.74) is 0.853.